The summed E-state index contributed by atoms with van der Waals surface area (Å²) in [6, 6.07) is 0.612. The zero-order valence-electron chi connectivity index (χ0n) is 6.67. The van der Waals surface area contributed by atoms with Gasteiger partial charge in [-0.1, -0.05) is 0 Å². The average Bonchev–Trinajstić information content (AvgIpc) is 1.94. The smallest absolute Gasteiger partial charge is 0.0620 e. The number of rotatable bonds is 2. The molecule has 1 atom stereocenters. The van der Waals surface area contributed by atoms with Gasteiger partial charge < -0.3 is 4.74 Å². The van der Waals surface area contributed by atoms with Crippen molar-refractivity contribution < 1.29 is 4.74 Å². The molecular formula is C7H15NOS. The van der Waals surface area contributed by atoms with Crippen LogP contribution in [0.5, 0.6) is 0 Å². The highest BCUT2D eigenvalue weighted by atomic mass is 32.2. The fourth-order valence-electron chi connectivity index (χ4n) is 1.12. The standard InChI is InChI=1S/C7H15NOS/c1-7-5-9-4-3-8(7)6-10-2/h7H,3-6H2,1-2H3/t7-/m0/s1. The molecule has 0 aromatic rings. The van der Waals surface area contributed by atoms with Crippen LogP contribution in [-0.2, 0) is 4.74 Å². The van der Waals surface area contributed by atoms with Gasteiger partial charge in [0.05, 0.1) is 13.2 Å². The van der Waals surface area contributed by atoms with Crippen molar-refractivity contribution in [2.45, 2.75) is 13.0 Å². The molecule has 10 heavy (non-hydrogen) atoms. The van der Waals surface area contributed by atoms with E-state index < -0.39 is 0 Å². The Bertz CT molecular complexity index is 97.6. The summed E-state index contributed by atoms with van der Waals surface area (Å²) in [7, 11) is 0. The van der Waals surface area contributed by atoms with E-state index in [1.165, 1.54) is 0 Å². The minimum Gasteiger partial charge on any atom is -0.379 e. The summed E-state index contributed by atoms with van der Waals surface area (Å²) in [6.07, 6.45) is 2.14. The molecule has 3 heteroatoms. The van der Waals surface area contributed by atoms with Gasteiger partial charge in [0, 0.05) is 18.5 Å². The molecule has 60 valence electrons. The predicted molar refractivity (Wildman–Crippen MR) is 45.4 cm³/mol. The van der Waals surface area contributed by atoms with Gasteiger partial charge in [0.15, 0.2) is 0 Å². The summed E-state index contributed by atoms with van der Waals surface area (Å²) >= 11 is 1.88. The number of hydrogen-bond acceptors (Lipinski definition) is 3. The summed E-state index contributed by atoms with van der Waals surface area (Å²) in [5.74, 6) is 1.14. The van der Waals surface area contributed by atoms with E-state index in [1.807, 2.05) is 11.8 Å². The Labute approximate surface area is 66.9 Å². The lowest BCUT2D eigenvalue weighted by Gasteiger charge is -2.32. The van der Waals surface area contributed by atoms with Gasteiger partial charge in [-0.2, -0.15) is 0 Å². The third-order valence-electron chi connectivity index (χ3n) is 1.80. The first kappa shape index (κ1) is 8.37. The lowest BCUT2D eigenvalue weighted by molar-refractivity contribution is 0.00985. The minimum atomic E-state index is 0.612. The van der Waals surface area contributed by atoms with Crippen molar-refractivity contribution >= 4 is 11.8 Å². The first-order valence-corrected chi connectivity index (χ1v) is 5.04. The quantitative estimate of drug-likeness (QED) is 0.600. The largest absolute Gasteiger partial charge is 0.379 e. The van der Waals surface area contributed by atoms with Crippen LogP contribution < -0.4 is 0 Å². The van der Waals surface area contributed by atoms with E-state index in [2.05, 4.69) is 18.1 Å². The van der Waals surface area contributed by atoms with Crippen LogP contribution in [0.3, 0.4) is 0 Å². The predicted octanol–water partition coefficient (Wildman–Crippen LogP) is 1.03. The van der Waals surface area contributed by atoms with Crippen LogP contribution in [0.15, 0.2) is 0 Å². The first-order valence-electron chi connectivity index (χ1n) is 3.65. The lowest BCUT2D eigenvalue weighted by atomic mass is 10.3. The van der Waals surface area contributed by atoms with Crippen molar-refractivity contribution in [2.24, 2.45) is 0 Å². The first-order chi connectivity index (χ1) is 4.84. The molecule has 1 aliphatic heterocycles. The van der Waals surface area contributed by atoms with Gasteiger partial charge in [-0.05, 0) is 13.2 Å². The summed E-state index contributed by atoms with van der Waals surface area (Å²) in [6.45, 7) is 5.13. The molecule has 0 aromatic heterocycles. The van der Waals surface area contributed by atoms with Crippen LogP contribution in [0.25, 0.3) is 0 Å². The van der Waals surface area contributed by atoms with E-state index in [9.17, 15) is 0 Å². The van der Waals surface area contributed by atoms with Gasteiger partial charge in [-0.3, -0.25) is 4.90 Å². The molecule has 0 unspecified atom stereocenters. The summed E-state index contributed by atoms with van der Waals surface area (Å²) in [4.78, 5) is 2.45. The molecule has 2 nitrogen and oxygen atoms in total. The van der Waals surface area contributed by atoms with E-state index in [-0.39, 0.29) is 0 Å². The van der Waals surface area contributed by atoms with Crippen molar-refractivity contribution in [3.05, 3.63) is 0 Å². The van der Waals surface area contributed by atoms with Crippen molar-refractivity contribution in [3.8, 4) is 0 Å². The molecule has 1 rings (SSSR count). The molecule has 0 amide bonds. The van der Waals surface area contributed by atoms with Crippen molar-refractivity contribution in [1.82, 2.24) is 4.90 Å². The SMILES string of the molecule is CSCN1CCOC[C@@H]1C. The van der Waals surface area contributed by atoms with Crippen LogP contribution in [-0.4, -0.2) is 42.8 Å². The highest BCUT2D eigenvalue weighted by molar-refractivity contribution is 7.98. The molecule has 0 saturated carbocycles. The molecule has 0 aliphatic carbocycles. The van der Waals surface area contributed by atoms with Gasteiger partial charge in [0.25, 0.3) is 0 Å². The van der Waals surface area contributed by atoms with Gasteiger partial charge in [0.1, 0.15) is 0 Å². The van der Waals surface area contributed by atoms with Crippen molar-refractivity contribution in [3.63, 3.8) is 0 Å². The second kappa shape index (κ2) is 4.21. The summed E-state index contributed by atoms with van der Waals surface area (Å²) < 4.78 is 5.31. The molecule has 1 saturated heterocycles. The normalized spacial score (nSPS) is 28.8. The third kappa shape index (κ3) is 2.15. The fraction of sp³-hybridized carbons (Fsp3) is 1.00. The Balaban J connectivity index is 2.25. The zero-order valence-corrected chi connectivity index (χ0v) is 7.49. The van der Waals surface area contributed by atoms with Crippen molar-refractivity contribution in [1.29, 1.82) is 0 Å². The Morgan fingerprint density at radius 2 is 2.50 bits per heavy atom. The molecule has 1 heterocycles. The Morgan fingerprint density at radius 1 is 1.70 bits per heavy atom. The maximum absolute atomic E-state index is 5.31. The number of thioether (sulfide) groups is 1. The van der Waals surface area contributed by atoms with Crippen LogP contribution in [0, 0.1) is 0 Å². The van der Waals surface area contributed by atoms with Gasteiger partial charge in [-0.25, -0.2) is 0 Å². The van der Waals surface area contributed by atoms with Gasteiger partial charge in [-0.15, -0.1) is 11.8 Å². The minimum absolute atomic E-state index is 0.612. The molecular weight excluding hydrogens is 146 g/mol. The monoisotopic (exact) mass is 161 g/mol. The van der Waals surface area contributed by atoms with E-state index >= 15 is 0 Å². The Hall–Kier alpha value is 0.270. The average molecular weight is 161 g/mol. The van der Waals surface area contributed by atoms with E-state index in [0.717, 1.165) is 25.6 Å². The number of nitrogens with zero attached hydrogens (tertiary/aromatic N) is 1. The van der Waals surface area contributed by atoms with E-state index in [0.29, 0.717) is 6.04 Å². The maximum atomic E-state index is 5.31. The van der Waals surface area contributed by atoms with Crippen LogP contribution >= 0.6 is 11.8 Å². The maximum Gasteiger partial charge on any atom is 0.0620 e. The van der Waals surface area contributed by atoms with Crippen molar-refractivity contribution in [2.75, 3.05) is 31.9 Å². The summed E-state index contributed by atoms with van der Waals surface area (Å²) in [5.41, 5.74) is 0. The number of hydrogen-bond donors (Lipinski definition) is 0. The highest BCUT2D eigenvalue weighted by Crippen LogP contribution is 2.08. The van der Waals surface area contributed by atoms with Crippen LogP contribution in [0.2, 0.25) is 0 Å². The molecule has 0 aromatic carbocycles. The molecule has 0 radical (unpaired) electrons. The number of morpholine rings is 1. The fourth-order valence-corrected chi connectivity index (χ4v) is 1.83. The highest BCUT2D eigenvalue weighted by Gasteiger charge is 2.16. The Morgan fingerprint density at radius 3 is 3.10 bits per heavy atom. The molecule has 0 spiro atoms. The van der Waals surface area contributed by atoms with E-state index in [1.54, 1.807) is 0 Å². The Kier molecular flexibility index (Phi) is 3.52. The van der Waals surface area contributed by atoms with E-state index in [4.69, 9.17) is 4.74 Å². The molecule has 1 aliphatic rings. The zero-order chi connectivity index (χ0) is 7.40. The molecule has 1 fully saturated rings. The second-order valence-electron chi connectivity index (χ2n) is 2.65. The topological polar surface area (TPSA) is 12.5 Å². The molecule has 0 bridgehead atoms. The van der Waals surface area contributed by atoms with Crippen LogP contribution in [0.4, 0.5) is 0 Å². The summed E-state index contributed by atoms with van der Waals surface area (Å²) in [5, 5.41) is 0. The van der Waals surface area contributed by atoms with Gasteiger partial charge in [0.2, 0.25) is 0 Å². The lowest BCUT2D eigenvalue weighted by Crippen LogP contribution is -2.43. The molecule has 0 N–H and O–H groups in total. The van der Waals surface area contributed by atoms with Gasteiger partial charge >= 0.3 is 0 Å². The second-order valence-corrected chi connectivity index (χ2v) is 3.49. The third-order valence-corrected chi connectivity index (χ3v) is 2.39. The number of ether oxygens (including phenoxy) is 1. The van der Waals surface area contributed by atoms with Crippen LogP contribution in [0.1, 0.15) is 6.92 Å².